The predicted molar refractivity (Wildman–Crippen MR) is 73.2 cm³/mol. The van der Waals surface area contributed by atoms with Crippen LogP contribution in [-0.4, -0.2) is 18.4 Å². The molecule has 3 rings (SSSR count). The maximum Gasteiger partial charge on any atom is 0.300 e. The summed E-state index contributed by atoms with van der Waals surface area (Å²) in [5, 5.41) is 3.13. The molecule has 19 heavy (non-hydrogen) atoms. The summed E-state index contributed by atoms with van der Waals surface area (Å²) in [7, 11) is 0. The van der Waals surface area contributed by atoms with Crippen molar-refractivity contribution in [1.29, 1.82) is 0 Å². The summed E-state index contributed by atoms with van der Waals surface area (Å²) in [5.41, 5.74) is 2.05. The predicted octanol–water partition coefficient (Wildman–Crippen LogP) is 2.29. The number of nitrogens with one attached hydrogen (secondary N) is 1. The highest BCUT2D eigenvalue weighted by Crippen LogP contribution is 2.28. The molecule has 1 aliphatic rings. The first-order valence-electron chi connectivity index (χ1n) is 6.01. The topological polar surface area (TPSA) is 49.4 Å². The van der Waals surface area contributed by atoms with Gasteiger partial charge in [0.25, 0.3) is 5.78 Å². The van der Waals surface area contributed by atoms with Gasteiger partial charge < -0.3 is 5.32 Å². The Morgan fingerprint density at radius 1 is 0.895 bits per heavy atom. The number of hydrogen-bond acceptors (Lipinski definition) is 3. The van der Waals surface area contributed by atoms with Crippen molar-refractivity contribution in [3.8, 4) is 0 Å². The fraction of sp³-hybridized carbons (Fsp3) is 0.0667. The lowest BCUT2D eigenvalue weighted by Gasteiger charge is -2.17. The fourth-order valence-electron chi connectivity index (χ4n) is 2.13. The number of ketones is 1. The van der Waals surface area contributed by atoms with Gasteiger partial charge in [-0.15, -0.1) is 0 Å². The third-order valence-corrected chi connectivity index (χ3v) is 3.09. The molecule has 0 aliphatic carbocycles. The Labute approximate surface area is 110 Å². The summed E-state index contributed by atoms with van der Waals surface area (Å²) in [6.45, 7) is 0.283. The number of Topliss-reactive ketones (excluding diaryl/α,β-unsaturated/α-hetero) is 1. The number of carbonyl (C=O) groups excluding carboxylic acids is 2. The minimum atomic E-state index is -0.482. The number of anilines is 2. The van der Waals surface area contributed by atoms with Crippen molar-refractivity contribution in [3.63, 3.8) is 0 Å². The van der Waals surface area contributed by atoms with Crippen molar-refractivity contribution >= 4 is 23.1 Å². The first kappa shape index (κ1) is 11.5. The van der Waals surface area contributed by atoms with Gasteiger partial charge in [0.05, 0.1) is 17.9 Å². The van der Waals surface area contributed by atoms with E-state index in [9.17, 15) is 9.59 Å². The van der Waals surface area contributed by atoms with E-state index < -0.39 is 11.7 Å². The molecule has 4 nitrogen and oxygen atoms in total. The highest BCUT2D eigenvalue weighted by atomic mass is 16.2. The molecular weight excluding hydrogens is 240 g/mol. The second-order valence-corrected chi connectivity index (χ2v) is 4.28. The van der Waals surface area contributed by atoms with Crippen molar-refractivity contribution in [2.45, 2.75) is 0 Å². The second-order valence-electron chi connectivity index (χ2n) is 4.28. The Balaban J connectivity index is 1.82. The van der Waals surface area contributed by atoms with Crippen molar-refractivity contribution in [2.75, 3.05) is 16.9 Å². The number of benzene rings is 2. The average molecular weight is 252 g/mol. The van der Waals surface area contributed by atoms with Crippen LogP contribution in [0.5, 0.6) is 0 Å². The molecule has 0 unspecified atom stereocenters. The highest BCUT2D eigenvalue weighted by molar-refractivity contribution is 6.52. The lowest BCUT2D eigenvalue weighted by Crippen LogP contribution is -2.34. The van der Waals surface area contributed by atoms with Crippen LogP contribution in [0.15, 0.2) is 54.6 Å². The average Bonchev–Trinajstić information content (AvgIpc) is 2.71. The normalized spacial score (nSPS) is 13.6. The summed E-state index contributed by atoms with van der Waals surface area (Å²) >= 11 is 0. The van der Waals surface area contributed by atoms with Gasteiger partial charge in [0.2, 0.25) is 0 Å². The van der Waals surface area contributed by atoms with Gasteiger partial charge in [-0.3, -0.25) is 14.5 Å². The van der Waals surface area contributed by atoms with Gasteiger partial charge in [-0.05, 0) is 24.3 Å². The van der Waals surface area contributed by atoms with E-state index in [4.69, 9.17) is 0 Å². The Hall–Kier alpha value is -2.62. The van der Waals surface area contributed by atoms with E-state index in [1.54, 1.807) is 18.2 Å². The largest absolute Gasteiger partial charge is 0.367 e. The molecule has 0 atom stereocenters. The molecule has 1 heterocycles. The molecule has 1 amide bonds. The maximum absolute atomic E-state index is 11.9. The minimum Gasteiger partial charge on any atom is -0.367 e. The van der Waals surface area contributed by atoms with E-state index >= 15 is 0 Å². The second kappa shape index (κ2) is 4.57. The van der Waals surface area contributed by atoms with Crippen LogP contribution < -0.4 is 10.2 Å². The maximum atomic E-state index is 11.9. The summed E-state index contributed by atoms with van der Waals surface area (Å²) in [6.07, 6.45) is 0. The van der Waals surface area contributed by atoms with Crippen molar-refractivity contribution in [3.05, 3.63) is 60.2 Å². The smallest absolute Gasteiger partial charge is 0.300 e. The van der Waals surface area contributed by atoms with Crippen molar-refractivity contribution in [1.82, 2.24) is 0 Å². The van der Waals surface area contributed by atoms with Gasteiger partial charge in [-0.2, -0.15) is 0 Å². The lowest BCUT2D eigenvalue weighted by molar-refractivity contribution is -0.114. The quantitative estimate of drug-likeness (QED) is 0.853. The van der Waals surface area contributed by atoms with Crippen molar-refractivity contribution < 1.29 is 9.59 Å². The van der Waals surface area contributed by atoms with Crippen LogP contribution in [0.1, 0.15) is 10.4 Å². The molecule has 2 aromatic carbocycles. The molecule has 1 aliphatic heterocycles. The zero-order valence-corrected chi connectivity index (χ0v) is 10.2. The Bertz CT molecular complexity index is 638. The van der Waals surface area contributed by atoms with Crippen LogP contribution in [0.3, 0.4) is 0 Å². The van der Waals surface area contributed by atoms with E-state index in [2.05, 4.69) is 5.32 Å². The number of para-hydroxylation sites is 2. The molecule has 0 fully saturated rings. The Kier molecular flexibility index (Phi) is 2.76. The number of rotatable bonds is 3. The van der Waals surface area contributed by atoms with Crippen LogP contribution in [0.4, 0.5) is 11.4 Å². The third-order valence-electron chi connectivity index (χ3n) is 3.09. The van der Waals surface area contributed by atoms with Crippen molar-refractivity contribution in [2.24, 2.45) is 0 Å². The number of hydrogen-bond donors (Lipinski definition) is 1. The molecule has 2 aromatic rings. The number of nitrogens with zero attached hydrogens (tertiary/aromatic N) is 1. The molecule has 0 saturated heterocycles. The van der Waals surface area contributed by atoms with Crippen LogP contribution >= 0.6 is 0 Å². The molecule has 4 heteroatoms. The van der Waals surface area contributed by atoms with Gasteiger partial charge in [0.1, 0.15) is 0 Å². The highest BCUT2D eigenvalue weighted by Gasteiger charge is 2.34. The standard InChI is InChI=1S/C15H12N2O2/c18-14-12-8-4-5-9-13(12)17(15(14)19)10-16-11-6-2-1-3-7-11/h1-9,16H,10H2. The van der Waals surface area contributed by atoms with E-state index in [1.807, 2.05) is 36.4 Å². The van der Waals surface area contributed by atoms with E-state index in [-0.39, 0.29) is 6.67 Å². The lowest BCUT2D eigenvalue weighted by atomic mass is 10.1. The monoisotopic (exact) mass is 252 g/mol. The summed E-state index contributed by atoms with van der Waals surface area (Å²) < 4.78 is 0. The van der Waals surface area contributed by atoms with Gasteiger partial charge in [-0.25, -0.2) is 0 Å². The van der Waals surface area contributed by atoms with Gasteiger partial charge >= 0.3 is 5.91 Å². The number of carbonyl (C=O) groups is 2. The molecule has 0 radical (unpaired) electrons. The SMILES string of the molecule is O=C1C(=O)N(CNc2ccccc2)c2ccccc21. The Morgan fingerprint density at radius 3 is 2.37 bits per heavy atom. The molecular formula is C15H12N2O2. The summed E-state index contributed by atoms with van der Waals surface area (Å²) in [6, 6.07) is 16.6. The number of amides is 1. The molecule has 0 saturated carbocycles. The first-order valence-corrected chi connectivity index (χ1v) is 6.01. The van der Waals surface area contributed by atoms with Crippen LogP contribution in [0.25, 0.3) is 0 Å². The van der Waals surface area contributed by atoms with E-state index in [0.717, 1.165) is 5.69 Å². The van der Waals surface area contributed by atoms with Crippen LogP contribution in [0, 0.1) is 0 Å². The van der Waals surface area contributed by atoms with Gasteiger partial charge in [0, 0.05) is 5.69 Å². The van der Waals surface area contributed by atoms with Gasteiger partial charge in [-0.1, -0.05) is 30.3 Å². The van der Waals surface area contributed by atoms with Crippen LogP contribution in [-0.2, 0) is 4.79 Å². The van der Waals surface area contributed by atoms with E-state index in [1.165, 1.54) is 4.90 Å². The molecule has 1 N–H and O–H groups in total. The Morgan fingerprint density at radius 2 is 1.58 bits per heavy atom. The summed E-state index contributed by atoms with van der Waals surface area (Å²) in [5.74, 6) is -0.921. The number of fused-ring (bicyclic) bond motifs is 1. The zero-order chi connectivity index (χ0) is 13.2. The minimum absolute atomic E-state index is 0.283. The first-order chi connectivity index (χ1) is 9.27. The van der Waals surface area contributed by atoms with Crippen LogP contribution in [0.2, 0.25) is 0 Å². The molecule has 0 bridgehead atoms. The molecule has 0 aromatic heterocycles. The van der Waals surface area contributed by atoms with Gasteiger partial charge in [0.15, 0.2) is 0 Å². The van der Waals surface area contributed by atoms with E-state index in [0.29, 0.717) is 11.3 Å². The molecule has 94 valence electrons. The zero-order valence-electron chi connectivity index (χ0n) is 10.2. The third kappa shape index (κ3) is 1.97. The fourth-order valence-corrected chi connectivity index (χ4v) is 2.13. The molecule has 0 spiro atoms. The summed E-state index contributed by atoms with van der Waals surface area (Å²) in [4.78, 5) is 25.2.